The van der Waals surface area contributed by atoms with Gasteiger partial charge in [-0.15, -0.1) is 0 Å². The lowest BCUT2D eigenvalue weighted by Gasteiger charge is -2.25. The first-order chi connectivity index (χ1) is 14.0. The van der Waals surface area contributed by atoms with E-state index in [2.05, 4.69) is 4.98 Å². The maximum absolute atomic E-state index is 12.8. The quantitative estimate of drug-likeness (QED) is 0.190. The predicted molar refractivity (Wildman–Crippen MR) is 103 cm³/mol. The van der Waals surface area contributed by atoms with Crippen LogP contribution in [0.1, 0.15) is 23.6 Å². The fraction of sp³-hybridized carbons (Fsp3) is 0.250. The molecule has 2 heterocycles. The number of likely N-dealkylation sites (tertiary alicyclic amines) is 1. The van der Waals surface area contributed by atoms with Gasteiger partial charge in [0.15, 0.2) is 0 Å². The number of aromatic nitrogens is 1. The topological polar surface area (TPSA) is 123 Å². The number of hydrogen-bond donors (Lipinski definition) is 1. The van der Waals surface area contributed by atoms with E-state index in [4.69, 9.17) is 4.74 Å². The van der Waals surface area contributed by atoms with Gasteiger partial charge in [-0.25, -0.2) is 0 Å². The van der Waals surface area contributed by atoms with Gasteiger partial charge in [-0.1, -0.05) is 12.1 Å². The summed E-state index contributed by atoms with van der Waals surface area (Å²) in [5.74, 6) is -2.04. The standard InChI is InChI=1S/C20H19N3O6/c1-29-11-3-10-22-17(13-6-8-21-9-7-13)16(19(25)20(22)26)18(24)14-4-2-5-15(12-14)23(27)28/h2,4-9,12,17,24H,3,10-11H2,1H3/b18-16-. The van der Waals surface area contributed by atoms with Crippen molar-refractivity contribution in [3.63, 3.8) is 0 Å². The lowest BCUT2D eigenvalue weighted by atomic mass is 9.96. The number of methoxy groups -OCH3 is 1. The van der Waals surface area contributed by atoms with Crippen LogP contribution < -0.4 is 0 Å². The summed E-state index contributed by atoms with van der Waals surface area (Å²) in [6.07, 6.45) is 3.55. The van der Waals surface area contributed by atoms with E-state index in [9.17, 15) is 24.8 Å². The Balaban J connectivity index is 2.12. The fourth-order valence-electron chi connectivity index (χ4n) is 3.30. The third-order valence-electron chi connectivity index (χ3n) is 4.64. The van der Waals surface area contributed by atoms with Crippen LogP contribution in [0.2, 0.25) is 0 Å². The molecule has 9 heteroatoms. The van der Waals surface area contributed by atoms with Gasteiger partial charge >= 0.3 is 0 Å². The molecule has 1 aliphatic rings. The number of Topliss-reactive ketones (excluding diaryl/α,β-unsaturated/α-hetero) is 1. The lowest BCUT2D eigenvalue weighted by molar-refractivity contribution is -0.384. The Labute approximate surface area is 166 Å². The van der Waals surface area contributed by atoms with Gasteiger partial charge in [0.05, 0.1) is 16.5 Å². The predicted octanol–water partition coefficient (Wildman–Crippen LogP) is 2.45. The summed E-state index contributed by atoms with van der Waals surface area (Å²) in [4.78, 5) is 41.2. The first kappa shape index (κ1) is 20.2. The number of rotatable bonds is 7. The molecule has 1 atom stereocenters. The fourth-order valence-corrected chi connectivity index (χ4v) is 3.30. The summed E-state index contributed by atoms with van der Waals surface area (Å²) in [6, 6.07) is 7.78. The van der Waals surface area contributed by atoms with Crippen molar-refractivity contribution in [1.82, 2.24) is 9.88 Å². The number of nitrogens with zero attached hydrogens (tertiary/aromatic N) is 3. The number of aliphatic hydroxyl groups is 1. The Bertz CT molecular complexity index is 973. The van der Waals surface area contributed by atoms with Crippen LogP contribution in [0.4, 0.5) is 5.69 Å². The molecule has 0 bridgehead atoms. The lowest BCUT2D eigenvalue weighted by Crippen LogP contribution is -2.31. The zero-order valence-electron chi connectivity index (χ0n) is 15.6. The maximum atomic E-state index is 12.8. The van der Waals surface area contributed by atoms with Gasteiger partial charge in [-0.05, 0) is 24.1 Å². The molecule has 0 aliphatic carbocycles. The normalized spacial score (nSPS) is 18.2. The number of hydrogen-bond acceptors (Lipinski definition) is 7. The molecule has 2 aromatic rings. The zero-order chi connectivity index (χ0) is 21.0. The Kier molecular flexibility index (Phi) is 5.99. The number of aliphatic hydroxyl groups excluding tert-OH is 1. The van der Waals surface area contributed by atoms with Crippen LogP contribution in [0, 0.1) is 10.1 Å². The van der Waals surface area contributed by atoms with Crippen molar-refractivity contribution in [2.24, 2.45) is 0 Å². The summed E-state index contributed by atoms with van der Waals surface area (Å²) in [5, 5.41) is 21.9. The van der Waals surface area contributed by atoms with Gasteiger partial charge in [-0.2, -0.15) is 0 Å². The molecule has 29 heavy (non-hydrogen) atoms. The van der Waals surface area contributed by atoms with Crippen LogP contribution in [0.25, 0.3) is 5.76 Å². The van der Waals surface area contributed by atoms with Crippen LogP contribution in [-0.2, 0) is 14.3 Å². The Hall–Kier alpha value is -3.59. The number of benzene rings is 1. The van der Waals surface area contributed by atoms with Crippen LogP contribution in [-0.4, -0.2) is 51.9 Å². The molecule has 0 spiro atoms. The second-order valence-corrected chi connectivity index (χ2v) is 6.43. The molecular weight excluding hydrogens is 378 g/mol. The first-order valence-electron chi connectivity index (χ1n) is 8.87. The first-order valence-corrected chi connectivity index (χ1v) is 8.87. The van der Waals surface area contributed by atoms with Gasteiger partial charge in [0.2, 0.25) is 0 Å². The summed E-state index contributed by atoms with van der Waals surface area (Å²) >= 11 is 0. The summed E-state index contributed by atoms with van der Waals surface area (Å²) in [6.45, 7) is 0.647. The molecule has 0 radical (unpaired) electrons. The van der Waals surface area contributed by atoms with Gasteiger partial charge in [0, 0.05) is 50.4 Å². The van der Waals surface area contributed by atoms with Crippen LogP contribution in [0.3, 0.4) is 0 Å². The Morgan fingerprint density at radius 1 is 1.28 bits per heavy atom. The van der Waals surface area contributed by atoms with Crippen molar-refractivity contribution in [2.45, 2.75) is 12.5 Å². The minimum absolute atomic E-state index is 0.0909. The van der Waals surface area contributed by atoms with Crippen LogP contribution >= 0.6 is 0 Å². The highest BCUT2D eigenvalue weighted by Gasteiger charge is 2.45. The van der Waals surface area contributed by atoms with Crippen LogP contribution in [0.15, 0.2) is 54.4 Å². The molecule has 1 unspecified atom stereocenters. The van der Waals surface area contributed by atoms with E-state index in [1.54, 1.807) is 12.1 Å². The van der Waals surface area contributed by atoms with Gasteiger partial charge in [-0.3, -0.25) is 24.7 Å². The van der Waals surface area contributed by atoms with Crippen molar-refractivity contribution in [1.29, 1.82) is 0 Å². The number of amides is 1. The number of carbonyl (C=O) groups excluding carboxylic acids is 2. The highest BCUT2D eigenvalue weighted by molar-refractivity contribution is 6.46. The SMILES string of the molecule is COCCCN1C(=O)C(=O)/C(=C(\O)c2cccc([N+](=O)[O-])c2)C1c1ccncc1. The molecule has 9 nitrogen and oxygen atoms in total. The molecule has 1 aromatic carbocycles. The number of pyridine rings is 1. The van der Waals surface area contributed by atoms with E-state index >= 15 is 0 Å². The number of non-ortho nitro benzene ring substituents is 1. The number of carbonyl (C=O) groups is 2. The van der Waals surface area contributed by atoms with E-state index in [0.717, 1.165) is 6.07 Å². The summed E-state index contributed by atoms with van der Waals surface area (Å²) < 4.78 is 5.03. The second-order valence-electron chi connectivity index (χ2n) is 6.43. The van der Waals surface area contributed by atoms with Crippen molar-refractivity contribution < 1.29 is 24.4 Å². The molecule has 1 fully saturated rings. The van der Waals surface area contributed by atoms with Crippen molar-refractivity contribution in [3.05, 3.63) is 75.6 Å². The average Bonchev–Trinajstić information content (AvgIpc) is 2.99. The summed E-state index contributed by atoms with van der Waals surface area (Å²) in [7, 11) is 1.54. The third kappa shape index (κ3) is 3.99. The van der Waals surface area contributed by atoms with Crippen molar-refractivity contribution in [2.75, 3.05) is 20.3 Å². The molecule has 1 saturated heterocycles. The van der Waals surface area contributed by atoms with E-state index < -0.39 is 28.4 Å². The highest BCUT2D eigenvalue weighted by atomic mass is 16.6. The van der Waals surface area contributed by atoms with Crippen molar-refractivity contribution >= 4 is 23.1 Å². The van der Waals surface area contributed by atoms with E-state index in [1.807, 2.05) is 0 Å². The number of nitro groups is 1. The molecular formula is C20H19N3O6. The van der Waals surface area contributed by atoms with Gasteiger partial charge in [0.1, 0.15) is 5.76 Å². The highest BCUT2D eigenvalue weighted by Crippen LogP contribution is 2.39. The monoisotopic (exact) mass is 397 g/mol. The Morgan fingerprint density at radius 3 is 2.66 bits per heavy atom. The number of ether oxygens (including phenoxy) is 1. The summed E-state index contributed by atoms with van der Waals surface area (Å²) in [5.41, 5.74) is 0.347. The molecule has 1 amide bonds. The molecule has 1 aromatic heterocycles. The minimum atomic E-state index is -0.840. The number of ketones is 1. The Morgan fingerprint density at radius 2 is 2.00 bits per heavy atom. The maximum Gasteiger partial charge on any atom is 0.295 e. The second kappa shape index (κ2) is 8.61. The van der Waals surface area contributed by atoms with Gasteiger partial charge in [0.25, 0.3) is 17.4 Å². The number of nitro benzene ring substituents is 1. The zero-order valence-corrected chi connectivity index (χ0v) is 15.6. The molecule has 1 aliphatic heterocycles. The van der Waals surface area contributed by atoms with E-state index in [-0.39, 0.29) is 23.4 Å². The smallest absolute Gasteiger partial charge is 0.295 e. The van der Waals surface area contributed by atoms with Gasteiger partial charge < -0.3 is 14.7 Å². The minimum Gasteiger partial charge on any atom is -0.507 e. The van der Waals surface area contributed by atoms with Crippen LogP contribution in [0.5, 0.6) is 0 Å². The van der Waals surface area contributed by atoms with E-state index in [0.29, 0.717) is 18.6 Å². The van der Waals surface area contributed by atoms with Crippen molar-refractivity contribution in [3.8, 4) is 0 Å². The van der Waals surface area contributed by atoms with E-state index in [1.165, 1.54) is 42.6 Å². The molecule has 150 valence electrons. The third-order valence-corrected chi connectivity index (χ3v) is 4.64. The largest absolute Gasteiger partial charge is 0.507 e. The molecule has 1 N–H and O–H groups in total. The molecule has 3 rings (SSSR count). The average molecular weight is 397 g/mol. The molecule has 0 saturated carbocycles.